The van der Waals surface area contributed by atoms with Gasteiger partial charge in [0, 0.05) is 9.79 Å². The van der Waals surface area contributed by atoms with Crippen molar-refractivity contribution >= 4 is 40.8 Å². The maximum atomic E-state index is 5.75. The third kappa shape index (κ3) is 4.84. The van der Waals surface area contributed by atoms with Gasteiger partial charge in [0.1, 0.15) is 0 Å². The van der Waals surface area contributed by atoms with E-state index in [4.69, 9.17) is 17.3 Å². The second-order valence-corrected chi connectivity index (χ2v) is 5.51. The van der Waals surface area contributed by atoms with Crippen molar-refractivity contribution in [1.29, 1.82) is 0 Å². The predicted octanol–water partition coefficient (Wildman–Crippen LogP) is 5.05. The molecule has 1 nitrogen and oxygen atoms in total. The maximum absolute atomic E-state index is 5.75. The monoisotopic (exact) mass is 297 g/mol. The molecule has 0 aliphatic carbocycles. The Labute approximate surface area is 122 Å². The standard InChI is InChI=1S/C7H8ClNS.C7H8S/c1-10-6-4-2-3-5(8)7(6)9;1-8-7-5-3-2-4-6-7/h2-4H,9H2,1H3;2-6H,1H3. The van der Waals surface area contributed by atoms with E-state index in [1.807, 2.05) is 36.6 Å². The Morgan fingerprint density at radius 1 is 0.889 bits per heavy atom. The molecule has 0 atom stereocenters. The Balaban J connectivity index is 0.000000184. The average molecular weight is 298 g/mol. The molecule has 2 rings (SSSR count). The first-order valence-electron chi connectivity index (χ1n) is 5.36. The molecule has 18 heavy (non-hydrogen) atoms. The minimum Gasteiger partial charge on any atom is -0.397 e. The largest absolute Gasteiger partial charge is 0.397 e. The van der Waals surface area contributed by atoms with Crippen molar-refractivity contribution in [1.82, 2.24) is 0 Å². The van der Waals surface area contributed by atoms with Crippen molar-refractivity contribution in [2.24, 2.45) is 0 Å². The molecule has 0 unspecified atom stereocenters. The number of halogens is 1. The van der Waals surface area contributed by atoms with E-state index in [0.29, 0.717) is 10.7 Å². The van der Waals surface area contributed by atoms with Gasteiger partial charge in [0.05, 0.1) is 10.7 Å². The molecule has 96 valence electrons. The van der Waals surface area contributed by atoms with Crippen molar-refractivity contribution in [2.75, 3.05) is 18.2 Å². The summed E-state index contributed by atoms with van der Waals surface area (Å²) in [6.07, 6.45) is 4.05. The van der Waals surface area contributed by atoms with Crippen molar-refractivity contribution < 1.29 is 0 Å². The Bertz CT molecular complexity index is 474. The fourth-order valence-corrected chi connectivity index (χ4v) is 2.46. The molecule has 0 saturated heterocycles. The Kier molecular flexibility index (Phi) is 7.09. The summed E-state index contributed by atoms with van der Waals surface area (Å²) in [7, 11) is 0. The number of nitrogens with two attached hydrogens (primary N) is 1. The molecule has 0 bridgehead atoms. The lowest BCUT2D eigenvalue weighted by molar-refractivity contribution is 1.47. The summed E-state index contributed by atoms with van der Waals surface area (Å²) in [5, 5.41) is 0.631. The number of rotatable bonds is 2. The number of thioether (sulfide) groups is 2. The molecule has 0 amide bonds. The SMILES string of the molecule is CSc1cccc(Cl)c1N.CSc1ccccc1. The van der Waals surface area contributed by atoms with Crippen LogP contribution in [0.25, 0.3) is 0 Å². The van der Waals surface area contributed by atoms with Gasteiger partial charge in [-0.3, -0.25) is 0 Å². The first kappa shape index (κ1) is 15.3. The summed E-state index contributed by atoms with van der Waals surface area (Å²) in [6.45, 7) is 0. The Hall–Kier alpha value is -0.770. The van der Waals surface area contributed by atoms with Gasteiger partial charge in [0.2, 0.25) is 0 Å². The highest BCUT2D eigenvalue weighted by Gasteiger charge is 1.99. The van der Waals surface area contributed by atoms with Crippen molar-refractivity contribution in [3.63, 3.8) is 0 Å². The fraction of sp³-hybridized carbons (Fsp3) is 0.143. The zero-order valence-corrected chi connectivity index (χ0v) is 12.8. The molecule has 0 spiro atoms. The molecule has 2 aromatic rings. The third-order valence-electron chi connectivity index (χ3n) is 2.21. The highest BCUT2D eigenvalue weighted by molar-refractivity contribution is 7.99. The predicted molar refractivity (Wildman–Crippen MR) is 85.9 cm³/mol. The minimum atomic E-state index is 0.631. The normalized spacial score (nSPS) is 9.50. The quantitative estimate of drug-likeness (QED) is 0.620. The first-order chi connectivity index (χ1) is 8.69. The number of hydrogen-bond acceptors (Lipinski definition) is 3. The van der Waals surface area contributed by atoms with Gasteiger partial charge in [-0.25, -0.2) is 0 Å². The van der Waals surface area contributed by atoms with Crippen LogP contribution in [0, 0.1) is 0 Å². The van der Waals surface area contributed by atoms with Crippen LogP contribution in [0.5, 0.6) is 0 Å². The fourth-order valence-electron chi connectivity index (χ4n) is 1.25. The highest BCUT2D eigenvalue weighted by atomic mass is 35.5. The molecule has 4 heteroatoms. The van der Waals surface area contributed by atoms with Crippen LogP contribution in [-0.4, -0.2) is 12.5 Å². The van der Waals surface area contributed by atoms with Gasteiger partial charge in [-0.05, 0) is 36.8 Å². The lowest BCUT2D eigenvalue weighted by Gasteiger charge is -2.01. The van der Waals surface area contributed by atoms with E-state index in [-0.39, 0.29) is 0 Å². The summed E-state index contributed by atoms with van der Waals surface area (Å²) < 4.78 is 0. The van der Waals surface area contributed by atoms with Crippen LogP contribution in [0.3, 0.4) is 0 Å². The van der Waals surface area contributed by atoms with E-state index in [1.54, 1.807) is 29.6 Å². The van der Waals surface area contributed by atoms with Crippen LogP contribution < -0.4 is 5.73 Å². The summed E-state index contributed by atoms with van der Waals surface area (Å²) in [5.74, 6) is 0. The molecule has 0 fully saturated rings. The number of para-hydroxylation sites is 1. The van der Waals surface area contributed by atoms with Crippen LogP contribution in [0.15, 0.2) is 58.3 Å². The number of hydrogen-bond donors (Lipinski definition) is 1. The van der Waals surface area contributed by atoms with E-state index in [9.17, 15) is 0 Å². The molecule has 0 aliphatic heterocycles. The van der Waals surface area contributed by atoms with E-state index < -0.39 is 0 Å². The van der Waals surface area contributed by atoms with E-state index in [2.05, 4.69) is 18.4 Å². The molecule has 0 heterocycles. The van der Waals surface area contributed by atoms with E-state index in [1.165, 1.54) is 4.90 Å². The third-order valence-corrected chi connectivity index (χ3v) is 4.08. The molecule has 0 saturated carbocycles. The molecular formula is C14H16ClNS2. The molecule has 2 N–H and O–H groups in total. The smallest absolute Gasteiger partial charge is 0.0646 e. The van der Waals surface area contributed by atoms with Gasteiger partial charge in [-0.2, -0.15) is 0 Å². The molecule has 2 aromatic carbocycles. The zero-order chi connectivity index (χ0) is 13.4. The van der Waals surface area contributed by atoms with Crippen LogP contribution in [0.1, 0.15) is 0 Å². The maximum Gasteiger partial charge on any atom is 0.0646 e. The Morgan fingerprint density at radius 3 is 2.00 bits per heavy atom. The van der Waals surface area contributed by atoms with Crippen LogP contribution in [0.4, 0.5) is 5.69 Å². The average Bonchev–Trinajstić information content (AvgIpc) is 2.43. The molecule has 0 aliphatic rings. The highest BCUT2D eigenvalue weighted by Crippen LogP contribution is 2.28. The second kappa shape index (κ2) is 8.35. The molecule has 0 radical (unpaired) electrons. The van der Waals surface area contributed by atoms with Crippen LogP contribution in [-0.2, 0) is 0 Å². The van der Waals surface area contributed by atoms with E-state index >= 15 is 0 Å². The summed E-state index contributed by atoms with van der Waals surface area (Å²) >= 11 is 9.12. The number of nitrogen functional groups attached to an aromatic ring is 1. The molecule has 0 aromatic heterocycles. The van der Waals surface area contributed by atoms with Gasteiger partial charge in [-0.15, -0.1) is 23.5 Å². The Morgan fingerprint density at radius 2 is 1.56 bits per heavy atom. The summed E-state index contributed by atoms with van der Waals surface area (Å²) in [6, 6.07) is 16.0. The van der Waals surface area contributed by atoms with Gasteiger partial charge in [0.25, 0.3) is 0 Å². The second-order valence-electron chi connectivity index (χ2n) is 3.37. The van der Waals surface area contributed by atoms with Crippen molar-refractivity contribution in [2.45, 2.75) is 9.79 Å². The lowest BCUT2D eigenvalue weighted by atomic mass is 10.3. The minimum absolute atomic E-state index is 0.631. The number of anilines is 1. The summed E-state index contributed by atoms with van der Waals surface area (Å²) in [5.41, 5.74) is 6.32. The van der Waals surface area contributed by atoms with Crippen LogP contribution in [0.2, 0.25) is 5.02 Å². The lowest BCUT2D eigenvalue weighted by Crippen LogP contribution is -1.88. The number of benzene rings is 2. The van der Waals surface area contributed by atoms with Gasteiger partial charge >= 0.3 is 0 Å². The van der Waals surface area contributed by atoms with Gasteiger partial charge in [-0.1, -0.05) is 35.9 Å². The topological polar surface area (TPSA) is 26.0 Å². The summed E-state index contributed by atoms with van der Waals surface area (Å²) in [4.78, 5) is 2.36. The van der Waals surface area contributed by atoms with Crippen molar-refractivity contribution in [3.05, 3.63) is 53.6 Å². The first-order valence-corrected chi connectivity index (χ1v) is 8.18. The van der Waals surface area contributed by atoms with Gasteiger partial charge < -0.3 is 5.73 Å². The van der Waals surface area contributed by atoms with E-state index in [0.717, 1.165) is 4.90 Å². The van der Waals surface area contributed by atoms with Gasteiger partial charge in [0.15, 0.2) is 0 Å². The molecular weight excluding hydrogens is 282 g/mol. The van der Waals surface area contributed by atoms with Crippen molar-refractivity contribution in [3.8, 4) is 0 Å². The zero-order valence-electron chi connectivity index (χ0n) is 10.4. The van der Waals surface area contributed by atoms with Crippen LogP contribution >= 0.6 is 35.1 Å².